The van der Waals surface area contributed by atoms with E-state index in [9.17, 15) is 9.50 Å². The van der Waals surface area contributed by atoms with Crippen LogP contribution in [0.2, 0.25) is 0 Å². The number of anilines is 1. The van der Waals surface area contributed by atoms with Crippen LogP contribution in [0, 0.1) is 17.7 Å². The second kappa shape index (κ2) is 7.26. The van der Waals surface area contributed by atoms with E-state index in [2.05, 4.69) is 36.3 Å². The second-order valence-electron chi connectivity index (χ2n) is 9.29. The first-order chi connectivity index (χ1) is 15.5. The van der Waals surface area contributed by atoms with E-state index < -0.39 is 11.4 Å². The second-order valence-corrected chi connectivity index (χ2v) is 9.29. The molecule has 2 aliphatic carbocycles. The summed E-state index contributed by atoms with van der Waals surface area (Å²) in [5.74, 6) is 5.56. The summed E-state index contributed by atoms with van der Waals surface area (Å²) in [6.07, 6.45) is 10.8. The highest BCUT2D eigenvalue weighted by Crippen LogP contribution is 2.39. The number of likely N-dealkylation sites (tertiary alicyclic amines) is 1. The lowest BCUT2D eigenvalue weighted by Gasteiger charge is -2.40. The molecular formula is C24H25FN6O. The Bertz CT molecular complexity index is 1260. The SMILES string of the molecule is Nc1ncc(F)c(-c2cn(C3CN(C4CC4)C3)c3cnc(C#CC4(O)CCCC4)cc23)n1. The van der Waals surface area contributed by atoms with E-state index in [1.54, 1.807) is 6.20 Å². The minimum absolute atomic E-state index is 0.0309. The van der Waals surface area contributed by atoms with Crippen LogP contribution in [0.4, 0.5) is 10.3 Å². The summed E-state index contributed by atoms with van der Waals surface area (Å²) in [6, 6.07) is 2.90. The summed E-state index contributed by atoms with van der Waals surface area (Å²) < 4.78 is 16.9. The van der Waals surface area contributed by atoms with Gasteiger partial charge in [-0.2, -0.15) is 0 Å². The molecular weight excluding hydrogens is 407 g/mol. The van der Waals surface area contributed by atoms with Crippen molar-refractivity contribution >= 4 is 16.9 Å². The molecule has 3 aromatic rings. The largest absolute Gasteiger partial charge is 0.378 e. The van der Waals surface area contributed by atoms with Crippen molar-refractivity contribution in [2.45, 2.75) is 56.2 Å². The smallest absolute Gasteiger partial charge is 0.220 e. The fourth-order valence-corrected chi connectivity index (χ4v) is 4.94. The Morgan fingerprint density at radius 1 is 1.12 bits per heavy atom. The molecule has 32 heavy (non-hydrogen) atoms. The number of halogens is 1. The molecule has 0 aromatic carbocycles. The minimum atomic E-state index is -0.934. The summed E-state index contributed by atoms with van der Waals surface area (Å²) in [5, 5.41) is 11.4. The molecule has 0 atom stereocenters. The average molecular weight is 433 g/mol. The molecule has 0 amide bonds. The predicted molar refractivity (Wildman–Crippen MR) is 119 cm³/mol. The summed E-state index contributed by atoms with van der Waals surface area (Å²) in [4.78, 5) is 15.0. The van der Waals surface area contributed by atoms with Crippen LogP contribution in [0.3, 0.4) is 0 Å². The number of hydrogen-bond donors (Lipinski definition) is 2. The van der Waals surface area contributed by atoms with Gasteiger partial charge < -0.3 is 15.4 Å². The van der Waals surface area contributed by atoms with Crippen LogP contribution in [0.25, 0.3) is 22.2 Å². The van der Waals surface area contributed by atoms with Crippen LogP contribution in [0.15, 0.2) is 24.7 Å². The third kappa shape index (κ3) is 3.42. The Morgan fingerprint density at radius 2 is 1.91 bits per heavy atom. The molecule has 0 radical (unpaired) electrons. The standard InChI is InChI=1S/C24H25FN6O/c25-20-10-28-23(26)29-22(20)19-14-31(17-12-30(13-17)16-3-4-16)21-11-27-15(9-18(19)21)5-8-24(32)6-1-2-7-24/h9-11,14,16-17,32H,1-4,6-7,12-13H2,(H2,26,28,29). The van der Waals surface area contributed by atoms with Crippen LogP contribution in [0.1, 0.15) is 50.3 Å². The zero-order valence-electron chi connectivity index (χ0n) is 17.8. The van der Waals surface area contributed by atoms with E-state index in [-0.39, 0.29) is 11.6 Å². The highest BCUT2D eigenvalue weighted by Gasteiger charge is 2.39. The predicted octanol–water partition coefficient (Wildman–Crippen LogP) is 2.89. The van der Waals surface area contributed by atoms with E-state index in [1.165, 1.54) is 12.8 Å². The Balaban J connectivity index is 1.43. The van der Waals surface area contributed by atoms with Crippen molar-refractivity contribution in [3.05, 3.63) is 36.2 Å². The number of nitrogens with two attached hydrogens (primary N) is 1. The van der Waals surface area contributed by atoms with Crippen molar-refractivity contribution in [1.29, 1.82) is 0 Å². The lowest BCUT2D eigenvalue weighted by atomic mass is 10.0. The van der Waals surface area contributed by atoms with E-state index in [1.807, 2.05) is 12.3 Å². The van der Waals surface area contributed by atoms with Gasteiger partial charge in [-0.3, -0.25) is 4.90 Å². The molecule has 2 saturated carbocycles. The van der Waals surface area contributed by atoms with Gasteiger partial charge in [-0.15, -0.1) is 0 Å². The highest BCUT2D eigenvalue weighted by molar-refractivity contribution is 5.95. The van der Waals surface area contributed by atoms with Gasteiger partial charge >= 0.3 is 0 Å². The van der Waals surface area contributed by atoms with E-state index >= 15 is 0 Å². The lowest BCUT2D eigenvalue weighted by Crippen LogP contribution is -2.48. The minimum Gasteiger partial charge on any atom is -0.378 e. The Labute approximate surface area is 185 Å². The fourth-order valence-electron chi connectivity index (χ4n) is 4.94. The molecule has 164 valence electrons. The van der Waals surface area contributed by atoms with Gasteiger partial charge in [-0.1, -0.05) is 5.92 Å². The first-order valence-electron chi connectivity index (χ1n) is 11.3. The van der Waals surface area contributed by atoms with E-state index in [0.29, 0.717) is 30.1 Å². The third-order valence-corrected chi connectivity index (χ3v) is 6.94. The molecule has 7 nitrogen and oxygen atoms in total. The number of pyridine rings is 1. The topological polar surface area (TPSA) is 93.1 Å². The monoisotopic (exact) mass is 432 g/mol. The molecule has 0 spiro atoms. The van der Waals surface area contributed by atoms with Crippen molar-refractivity contribution in [2.24, 2.45) is 0 Å². The molecule has 3 N–H and O–H groups in total. The van der Waals surface area contributed by atoms with Crippen LogP contribution in [0.5, 0.6) is 0 Å². The number of fused-ring (bicyclic) bond motifs is 1. The quantitative estimate of drug-likeness (QED) is 0.619. The molecule has 3 aliphatic rings. The molecule has 8 heteroatoms. The summed E-state index contributed by atoms with van der Waals surface area (Å²) in [6.45, 7) is 1.97. The van der Waals surface area contributed by atoms with Gasteiger partial charge in [0.15, 0.2) is 5.82 Å². The summed E-state index contributed by atoms with van der Waals surface area (Å²) >= 11 is 0. The van der Waals surface area contributed by atoms with Crippen LogP contribution in [-0.2, 0) is 0 Å². The van der Waals surface area contributed by atoms with E-state index in [4.69, 9.17) is 5.73 Å². The number of rotatable bonds is 3. The molecule has 1 aliphatic heterocycles. The number of aromatic nitrogens is 4. The first-order valence-corrected chi connectivity index (χ1v) is 11.3. The zero-order valence-corrected chi connectivity index (χ0v) is 17.8. The van der Waals surface area contributed by atoms with Crippen molar-refractivity contribution in [1.82, 2.24) is 24.4 Å². The zero-order chi connectivity index (χ0) is 21.9. The highest BCUT2D eigenvalue weighted by atomic mass is 19.1. The Hall–Kier alpha value is -3.02. The number of aliphatic hydroxyl groups is 1. The van der Waals surface area contributed by atoms with Crippen molar-refractivity contribution < 1.29 is 9.50 Å². The normalized spacial score (nSPS) is 20.8. The van der Waals surface area contributed by atoms with Gasteiger partial charge in [0.1, 0.15) is 17.0 Å². The maximum atomic E-state index is 14.7. The van der Waals surface area contributed by atoms with Gasteiger partial charge in [-0.25, -0.2) is 19.3 Å². The fraction of sp³-hybridized carbons (Fsp3) is 0.458. The van der Waals surface area contributed by atoms with E-state index in [0.717, 1.165) is 49.1 Å². The number of hydrogen-bond acceptors (Lipinski definition) is 6. The maximum Gasteiger partial charge on any atom is 0.220 e. The van der Waals surface area contributed by atoms with Gasteiger partial charge in [0.05, 0.1) is 24.0 Å². The van der Waals surface area contributed by atoms with Crippen LogP contribution >= 0.6 is 0 Å². The Kier molecular flexibility index (Phi) is 4.46. The van der Waals surface area contributed by atoms with Crippen molar-refractivity contribution in [3.63, 3.8) is 0 Å². The molecule has 1 saturated heterocycles. The van der Waals surface area contributed by atoms with Gasteiger partial charge in [0.2, 0.25) is 5.95 Å². The third-order valence-electron chi connectivity index (χ3n) is 6.94. The molecule has 3 fully saturated rings. The molecule has 0 bridgehead atoms. The van der Waals surface area contributed by atoms with Crippen LogP contribution in [-0.4, -0.2) is 54.3 Å². The van der Waals surface area contributed by atoms with Crippen molar-refractivity contribution in [3.8, 4) is 23.1 Å². The maximum absolute atomic E-state index is 14.7. The van der Waals surface area contributed by atoms with Gasteiger partial charge in [0, 0.05) is 36.3 Å². The lowest BCUT2D eigenvalue weighted by molar-refractivity contribution is 0.101. The van der Waals surface area contributed by atoms with Crippen LogP contribution < -0.4 is 5.73 Å². The molecule has 3 aromatic heterocycles. The first kappa shape index (κ1) is 19.6. The molecule has 4 heterocycles. The summed E-state index contributed by atoms with van der Waals surface area (Å²) in [5.41, 5.74) is 7.14. The average Bonchev–Trinajstić information content (AvgIpc) is 3.38. The molecule has 6 rings (SSSR count). The summed E-state index contributed by atoms with van der Waals surface area (Å²) in [7, 11) is 0. The number of nitrogen functional groups attached to an aromatic ring is 1. The van der Waals surface area contributed by atoms with Gasteiger partial charge in [0.25, 0.3) is 0 Å². The molecule has 0 unspecified atom stereocenters. The van der Waals surface area contributed by atoms with Crippen molar-refractivity contribution in [2.75, 3.05) is 18.8 Å². The Morgan fingerprint density at radius 3 is 2.66 bits per heavy atom. The number of nitrogens with zero attached hydrogens (tertiary/aromatic N) is 5. The van der Waals surface area contributed by atoms with Gasteiger partial charge in [-0.05, 0) is 50.5 Å².